The van der Waals surface area contributed by atoms with E-state index in [1.54, 1.807) is 24.5 Å². The number of nitrogens with one attached hydrogen (secondary N) is 1. The van der Waals surface area contributed by atoms with Crippen LogP contribution in [0.3, 0.4) is 0 Å². The SMILES string of the molecule is CCN(c1ccc(NC(=O)c2cccnc2)nc1)c1cccc(C)c1. The van der Waals surface area contributed by atoms with Gasteiger partial charge in [-0.05, 0) is 55.8 Å². The molecule has 5 heteroatoms. The van der Waals surface area contributed by atoms with Crippen molar-refractivity contribution >= 4 is 23.1 Å². The van der Waals surface area contributed by atoms with Crippen molar-refractivity contribution in [2.75, 3.05) is 16.8 Å². The van der Waals surface area contributed by atoms with E-state index in [4.69, 9.17) is 0 Å². The number of aryl methyl sites for hydroxylation is 1. The molecule has 1 N–H and O–H groups in total. The summed E-state index contributed by atoms with van der Waals surface area (Å²) in [7, 11) is 0. The maximum Gasteiger partial charge on any atom is 0.258 e. The van der Waals surface area contributed by atoms with Gasteiger partial charge < -0.3 is 10.2 Å². The third-order valence-corrected chi connectivity index (χ3v) is 3.85. The first-order chi connectivity index (χ1) is 12.2. The van der Waals surface area contributed by atoms with Crippen molar-refractivity contribution in [1.29, 1.82) is 0 Å². The Morgan fingerprint density at radius 2 is 1.96 bits per heavy atom. The van der Waals surface area contributed by atoms with Gasteiger partial charge in [-0.3, -0.25) is 9.78 Å². The molecule has 0 aliphatic carbocycles. The Balaban J connectivity index is 1.76. The summed E-state index contributed by atoms with van der Waals surface area (Å²) in [5.41, 5.74) is 3.82. The predicted molar refractivity (Wildman–Crippen MR) is 100 cm³/mol. The fourth-order valence-corrected chi connectivity index (χ4v) is 2.62. The van der Waals surface area contributed by atoms with Gasteiger partial charge in [0.1, 0.15) is 5.82 Å². The van der Waals surface area contributed by atoms with E-state index in [1.165, 1.54) is 11.8 Å². The second-order valence-electron chi connectivity index (χ2n) is 5.68. The van der Waals surface area contributed by atoms with Crippen molar-refractivity contribution in [3.05, 3.63) is 78.2 Å². The summed E-state index contributed by atoms with van der Waals surface area (Å²) in [5, 5.41) is 2.78. The molecule has 3 rings (SSSR count). The topological polar surface area (TPSA) is 58.1 Å². The van der Waals surface area contributed by atoms with Crippen LogP contribution in [0.15, 0.2) is 67.1 Å². The first-order valence-corrected chi connectivity index (χ1v) is 8.19. The number of rotatable bonds is 5. The molecule has 0 atom stereocenters. The lowest BCUT2D eigenvalue weighted by molar-refractivity contribution is 0.102. The summed E-state index contributed by atoms with van der Waals surface area (Å²) >= 11 is 0. The molecule has 0 bridgehead atoms. The number of benzene rings is 1. The van der Waals surface area contributed by atoms with E-state index in [0.717, 1.165) is 17.9 Å². The highest BCUT2D eigenvalue weighted by Crippen LogP contribution is 2.25. The number of pyridine rings is 2. The van der Waals surface area contributed by atoms with Gasteiger partial charge in [-0.1, -0.05) is 12.1 Å². The zero-order valence-corrected chi connectivity index (χ0v) is 14.3. The summed E-state index contributed by atoms with van der Waals surface area (Å²) < 4.78 is 0. The molecule has 1 amide bonds. The van der Waals surface area contributed by atoms with Crippen LogP contribution < -0.4 is 10.2 Å². The minimum Gasteiger partial charge on any atom is -0.341 e. The molecule has 25 heavy (non-hydrogen) atoms. The number of hydrogen-bond acceptors (Lipinski definition) is 4. The van der Waals surface area contributed by atoms with Crippen molar-refractivity contribution in [2.45, 2.75) is 13.8 Å². The molecular formula is C20H20N4O. The van der Waals surface area contributed by atoms with Crippen molar-refractivity contribution in [3.63, 3.8) is 0 Å². The Morgan fingerprint density at radius 3 is 2.60 bits per heavy atom. The van der Waals surface area contributed by atoms with Crippen molar-refractivity contribution < 1.29 is 4.79 Å². The van der Waals surface area contributed by atoms with Crippen LogP contribution in [0.5, 0.6) is 0 Å². The summed E-state index contributed by atoms with van der Waals surface area (Å²) in [4.78, 5) is 22.6. The van der Waals surface area contributed by atoms with Crippen LogP contribution in [-0.4, -0.2) is 22.4 Å². The Kier molecular flexibility index (Phi) is 5.04. The van der Waals surface area contributed by atoms with Crippen LogP contribution in [0.25, 0.3) is 0 Å². The summed E-state index contributed by atoms with van der Waals surface area (Å²) in [6.45, 7) is 5.00. The maximum absolute atomic E-state index is 12.1. The number of carbonyl (C=O) groups is 1. The van der Waals surface area contributed by atoms with Crippen molar-refractivity contribution in [1.82, 2.24) is 9.97 Å². The summed E-state index contributed by atoms with van der Waals surface area (Å²) in [6.07, 6.45) is 4.93. The zero-order chi connectivity index (χ0) is 17.6. The van der Waals surface area contributed by atoms with Gasteiger partial charge in [0.05, 0.1) is 17.4 Å². The summed E-state index contributed by atoms with van der Waals surface area (Å²) in [5.74, 6) is 0.289. The first kappa shape index (κ1) is 16.6. The average molecular weight is 332 g/mol. The van der Waals surface area contributed by atoms with Gasteiger partial charge in [0.15, 0.2) is 0 Å². The van der Waals surface area contributed by atoms with E-state index in [-0.39, 0.29) is 5.91 Å². The van der Waals surface area contributed by atoms with Gasteiger partial charge in [0, 0.05) is 24.6 Å². The van der Waals surface area contributed by atoms with E-state index in [0.29, 0.717) is 11.4 Å². The predicted octanol–water partition coefficient (Wildman–Crippen LogP) is 4.20. The van der Waals surface area contributed by atoms with Crippen LogP contribution >= 0.6 is 0 Å². The number of anilines is 3. The lowest BCUT2D eigenvalue weighted by atomic mass is 10.2. The Labute approximate surface area is 147 Å². The Bertz CT molecular complexity index is 847. The number of aromatic nitrogens is 2. The molecule has 0 saturated heterocycles. The zero-order valence-electron chi connectivity index (χ0n) is 14.3. The molecule has 0 radical (unpaired) electrons. The monoisotopic (exact) mass is 332 g/mol. The fraction of sp³-hybridized carbons (Fsp3) is 0.150. The molecule has 0 aliphatic heterocycles. The molecule has 126 valence electrons. The Hall–Kier alpha value is -3.21. The molecule has 5 nitrogen and oxygen atoms in total. The normalized spacial score (nSPS) is 10.3. The van der Waals surface area contributed by atoms with E-state index in [2.05, 4.69) is 52.2 Å². The number of hydrogen-bond donors (Lipinski definition) is 1. The smallest absolute Gasteiger partial charge is 0.258 e. The number of nitrogens with zero attached hydrogens (tertiary/aromatic N) is 3. The van der Waals surface area contributed by atoms with Gasteiger partial charge in [-0.15, -0.1) is 0 Å². The van der Waals surface area contributed by atoms with Crippen LogP contribution in [0.4, 0.5) is 17.2 Å². The maximum atomic E-state index is 12.1. The molecule has 1 aromatic carbocycles. The molecule has 0 fully saturated rings. The second kappa shape index (κ2) is 7.57. The lowest BCUT2D eigenvalue weighted by Gasteiger charge is -2.23. The van der Waals surface area contributed by atoms with E-state index >= 15 is 0 Å². The second-order valence-corrected chi connectivity index (χ2v) is 5.68. The highest BCUT2D eigenvalue weighted by atomic mass is 16.1. The van der Waals surface area contributed by atoms with Crippen molar-refractivity contribution in [3.8, 4) is 0 Å². The number of amides is 1. The standard InChI is InChI=1S/C20H20N4O/c1-3-24(17-8-4-6-15(2)12-17)18-9-10-19(22-14-18)23-20(25)16-7-5-11-21-13-16/h4-14H,3H2,1-2H3,(H,22,23,25). The minimum absolute atomic E-state index is 0.223. The van der Waals surface area contributed by atoms with E-state index < -0.39 is 0 Å². The average Bonchev–Trinajstić information content (AvgIpc) is 2.64. The molecule has 3 aromatic rings. The summed E-state index contributed by atoms with van der Waals surface area (Å²) in [6, 6.07) is 15.5. The third-order valence-electron chi connectivity index (χ3n) is 3.85. The lowest BCUT2D eigenvalue weighted by Crippen LogP contribution is -2.17. The quantitative estimate of drug-likeness (QED) is 0.761. The highest BCUT2D eigenvalue weighted by molar-refractivity contribution is 6.03. The highest BCUT2D eigenvalue weighted by Gasteiger charge is 2.10. The van der Waals surface area contributed by atoms with Crippen LogP contribution in [0, 0.1) is 6.92 Å². The van der Waals surface area contributed by atoms with Crippen LogP contribution in [0.2, 0.25) is 0 Å². The molecule has 0 aliphatic rings. The third kappa shape index (κ3) is 4.01. The fourth-order valence-electron chi connectivity index (χ4n) is 2.62. The van der Waals surface area contributed by atoms with E-state index in [1.807, 2.05) is 18.2 Å². The molecule has 2 heterocycles. The van der Waals surface area contributed by atoms with E-state index in [9.17, 15) is 4.79 Å². The van der Waals surface area contributed by atoms with Gasteiger partial charge in [-0.2, -0.15) is 0 Å². The number of carbonyl (C=O) groups excluding carboxylic acids is 1. The van der Waals surface area contributed by atoms with Gasteiger partial charge in [0.25, 0.3) is 5.91 Å². The van der Waals surface area contributed by atoms with Gasteiger partial charge in [-0.25, -0.2) is 4.98 Å². The molecule has 0 spiro atoms. The van der Waals surface area contributed by atoms with Crippen LogP contribution in [0.1, 0.15) is 22.8 Å². The van der Waals surface area contributed by atoms with Crippen molar-refractivity contribution in [2.24, 2.45) is 0 Å². The molecule has 2 aromatic heterocycles. The van der Waals surface area contributed by atoms with Gasteiger partial charge in [0.2, 0.25) is 0 Å². The molecule has 0 unspecified atom stereocenters. The Morgan fingerprint density at radius 1 is 1.08 bits per heavy atom. The largest absolute Gasteiger partial charge is 0.341 e. The molecular weight excluding hydrogens is 312 g/mol. The first-order valence-electron chi connectivity index (χ1n) is 8.19. The molecule has 0 saturated carbocycles. The van der Waals surface area contributed by atoms with Crippen LogP contribution in [-0.2, 0) is 0 Å². The minimum atomic E-state index is -0.223. The van der Waals surface area contributed by atoms with Gasteiger partial charge >= 0.3 is 0 Å².